The first-order valence-electron chi connectivity index (χ1n) is 5.66. The fraction of sp³-hybridized carbons (Fsp3) is 0.333. The largest absolute Gasteiger partial charge is 0.463 e. The Balaban J connectivity index is 2.36. The van der Waals surface area contributed by atoms with Gasteiger partial charge in [-0.05, 0) is 36.7 Å². The van der Waals surface area contributed by atoms with Crippen LogP contribution in [0, 0.1) is 5.92 Å². The summed E-state index contributed by atoms with van der Waals surface area (Å²) in [6, 6.07) is 3.76. The van der Waals surface area contributed by atoms with E-state index in [1.165, 1.54) is 4.88 Å². The predicted molar refractivity (Wildman–Crippen MR) is 78.8 cm³/mol. The fourth-order valence-corrected chi connectivity index (χ4v) is 2.98. The van der Waals surface area contributed by atoms with E-state index < -0.39 is 0 Å². The van der Waals surface area contributed by atoms with Gasteiger partial charge in [0.1, 0.15) is 5.69 Å². The zero-order valence-corrected chi connectivity index (χ0v) is 11.9. The third-order valence-corrected chi connectivity index (χ3v) is 3.37. The Bertz CT molecular complexity index is 532. The first-order valence-corrected chi connectivity index (χ1v) is 6.88. The van der Waals surface area contributed by atoms with E-state index in [1.807, 2.05) is 12.1 Å². The van der Waals surface area contributed by atoms with Crippen molar-refractivity contribution in [3.63, 3.8) is 0 Å². The summed E-state index contributed by atoms with van der Waals surface area (Å²) in [5.74, 6) is 1.33. The number of thiocarbonyl (C=S) groups is 1. The second-order valence-corrected chi connectivity index (χ2v) is 5.88. The van der Waals surface area contributed by atoms with Crippen molar-refractivity contribution in [3.05, 3.63) is 23.3 Å². The minimum atomic E-state index is 0.228. The number of hydrogen-bond acceptors (Lipinski definition) is 4. The lowest BCUT2D eigenvalue weighted by Gasteiger charge is -2.02. The maximum atomic E-state index is 5.47. The van der Waals surface area contributed by atoms with Gasteiger partial charge in [0.15, 0.2) is 16.0 Å². The molecule has 0 amide bonds. The number of nitrogens with one attached hydrogen (secondary N) is 1. The third-order valence-electron chi connectivity index (χ3n) is 2.28. The molecule has 0 spiro atoms. The Morgan fingerprint density at radius 3 is 2.94 bits per heavy atom. The molecule has 0 aliphatic carbocycles. The van der Waals surface area contributed by atoms with Crippen LogP contribution in [0.4, 0.5) is 5.13 Å². The van der Waals surface area contributed by atoms with E-state index in [2.05, 4.69) is 24.1 Å². The van der Waals surface area contributed by atoms with Crippen molar-refractivity contribution in [1.29, 1.82) is 0 Å². The van der Waals surface area contributed by atoms with Crippen LogP contribution >= 0.6 is 23.6 Å². The maximum Gasteiger partial charge on any atom is 0.189 e. The van der Waals surface area contributed by atoms with Crippen molar-refractivity contribution >= 4 is 33.8 Å². The first-order chi connectivity index (χ1) is 8.56. The highest BCUT2D eigenvalue weighted by Crippen LogP contribution is 2.33. The maximum absolute atomic E-state index is 5.47. The summed E-state index contributed by atoms with van der Waals surface area (Å²) in [5, 5.41) is 3.82. The molecule has 0 aliphatic heterocycles. The molecule has 0 radical (unpaired) electrons. The summed E-state index contributed by atoms with van der Waals surface area (Å²) in [5.41, 5.74) is 6.34. The molecule has 0 saturated heterocycles. The van der Waals surface area contributed by atoms with Crippen molar-refractivity contribution in [2.45, 2.75) is 20.3 Å². The Kier molecular flexibility index (Phi) is 3.98. The zero-order chi connectivity index (χ0) is 13.1. The minimum absolute atomic E-state index is 0.228. The van der Waals surface area contributed by atoms with E-state index in [1.54, 1.807) is 17.6 Å². The van der Waals surface area contributed by atoms with E-state index in [0.29, 0.717) is 11.0 Å². The number of thiazole rings is 1. The minimum Gasteiger partial charge on any atom is -0.463 e. The van der Waals surface area contributed by atoms with Crippen LogP contribution in [0.1, 0.15) is 18.7 Å². The highest BCUT2D eigenvalue weighted by molar-refractivity contribution is 7.80. The van der Waals surface area contributed by atoms with Crippen molar-refractivity contribution in [3.8, 4) is 11.5 Å². The average molecular weight is 281 g/mol. The van der Waals surface area contributed by atoms with Gasteiger partial charge in [-0.3, -0.25) is 0 Å². The Labute approximate surface area is 115 Å². The van der Waals surface area contributed by atoms with E-state index >= 15 is 0 Å². The number of nitrogens with zero attached hydrogens (tertiary/aromatic N) is 1. The molecular formula is C12H15N3OS2. The van der Waals surface area contributed by atoms with E-state index in [0.717, 1.165) is 17.9 Å². The van der Waals surface area contributed by atoms with Crippen LogP contribution in [-0.4, -0.2) is 10.1 Å². The number of rotatable bonds is 4. The molecule has 0 bridgehead atoms. The summed E-state index contributed by atoms with van der Waals surface area (Å²) in [7, 11) is 0. The number of aromatic nitrogens is 1. The highest BCUT2D eigenvalue weighted by Gasteiger charge is 2.16. The first kappa shape index (κ1) is 13.0. The second kappa shape index (κ2) is 5.49. The lowest BCUT2D eigenvalue weighted by atomic mass is 10.1. The van der Waals surface area contributed by atoms with Gasteiger partial charge >= 0.3 is 0 Å². The lowest BCUT2D eigenvalue weighted by Crippen LogP contribution is -2.18. The van der Waals surface area contributed by atoms with Gasteiger partial charge in [0.05, 0.1) is 6.26 Å². The lowest BCUT2D eigenvalue weighted by molar-refractivity contribution is 0.578. The molecule has 2 aromatic heterocycles. The fourth-order valence-electron chi connectivity index (χ4n) is 1.63. The number of nitrogens with two attached hydrogens (primary N) is 1. The topological polar surface area (TPSA) is 64.1 Å². The van der Waals surface area contributed by atoms with Crippen LogP contribution < -0.4 is 11.1 Å². The molecular weight excluding hydrogens is 266 g/mol. The van der Waals surface area contributed by atoms with Gasteiger partial charge in [-0.15, -0.1) is 11.3 Å². The Hall–Kier alpha value is -1.40. The third kappa shape index (κ3) is 3.08. The van der Waals surface area contributed by atoms with Crippen molar-refractivity contribution in [1.82, 2.24) is 4.98 Å². The number of hydrogen-bond donors (Lipinski definition) is 2. The van der Waals surface area contributed by atoms with Crippen molar-refractivity contribution < 1.29 is 4.42 Å². The van der Waals surface area contributed by atoms with Crippen LogP contribution in [0.5, 0.6) is 0 Å². The average Bonchev–Trinajstić information content (AvgIpc) is 2.85. The van der Waals surface area contributed by atoms with Gasteiger partial charge in [-0.1, -0.05) is 13.8 Å². The van der Waals surface area contributed by atoms with Crippen LogP contribution in [0.2, 0.25) is 0 Å². The molecule has 96 valence electrons. The normalized spacial score (nSPS) is 10.8. The van der Waals surface area contributed by atoms with Gasteiger partial charge < -0.3 is 15.5 Å². The van der Waals surface area contributed by atoms with Crippen LogP contribution in [0.25, 0.3) is 11.5 Å². The molecule has 0 saturated carbocycles. The zero-order valence-electron chi connectivity index (χ0n) is 10.3. The molecule has 4 nitrogen and oxygen atoms in total. The molecule has 0 atom stereocenters. The summed E-state index contributed by atoms with van der Waals surface area (Å²) >= 11 is 6.39. The predicted octanol–water partition coefficient (Wildman–Crippen LogP) is 3.26. The van der Waals surface area contributed by atoms with Crippen LogP contribution in [0.3, 0.4) is 0 Å². The van der Waals surface area contributed by atoms with Crippen molar-refractivity contribution in [2.24, 2.45) is 11.7 Å². The molecule has 0 unspecified atom stereocenters. The molecule has 0 aliphatic rings. The molecule has 6 heteroatoms. The van der Waals surface area contributed by atoms with Gasteiger partial charge in [0.25, 0.3) is 0 Å². The summed E-state index contributed by atoms with van der Waals surface area (Å²) in [6.07, 6.45) is 2.60. The summed E-state index contributed by atoms with van der Waals surface area (Å²) in [4.78, 5) is 5.67. The monoisotopic (exact) mass is 281 g/mol. The SMILES string of the molecule is CC(C)Cc1sc(NC(N)=S)nc1-c1ccco1. The smallest absolute Gasteiger partial charge is 0.189 e. The summed E-state index contributed by atoms with van der Waals surface area (Å²) < 4.78 is 5.41. The van der Waals surface area contributed by atoms with Gasteiger partial charge in [0, 0.05) is 4.88 Å². The number of furan rings is 1. The van der Waals surface area contributed by atoms with E-state index in [-0.39, 0.29) is 5.11 Å². The van der Waals surface area contributed by atoms with Crippen LogP contribution in [-0.2, 0) is 6.42 Å². The van der Waals surface area contributed by atoms with Crippen molar-refractivity contribution in [2.75, 3.05) is 5.32 Å². The molecule has 2 rings (SSSR count). The second-order valence-electron chi connectivity index (χ2n) is 4.36. The number of anilines is 1. The molecule has 18 heavy (non-hydrogen) atoms. The Morgan fingerprint density at radius 2 is 2.39 bits per heavy atom. The van der Waals surface area contributed by atoms with E-state index in [9.17, 15) is 0 Å². The van der Waals surface area contributed by atoms with Gasteiger partial charge in [0.2, 0.25) is 0 Å². The molecule has 2 heterocycles. The molecule has 2 aromatic rings. The van der Waals surface area contributed by atoms with E-state index in [4.69, 9.17) is 22.4 Å². The molecule has 3 N–H and O–H groups in total. The van der Waals surface area contributed by atoms with Crippen LogP contribution in [0.15, 0.2) is 22.8 Å². The quantitative estimate of drug-likeness (QED) is 0.842. The van der Waals surface area contributed by atoms with Gasteiger partial charge in [-0.25, -0.2) is 4.98 Å². The van der Waals surface area contributed by atoms with Gasteiger partial charge in [-0.2, -0.15) is 0 Å². The summed E-state index contributed by atoms with van der Waals surface area (Å²) in [6.45, 7) is 4.35. The standard InChI is InChI=1S/C12H15N3OS2/c1-7(2)6-9-10(8-4-3-5-16-8)14-12(18-9)15-11(13)17/h3-5,7H,6H2,1-2H3,(H3,13,14,15,17). The molecule has 0 fully saturated rings. The highest BCUT2D eigenvalue weighted by atomic mass is 32.1. The molecule has 0 aromatic carbocycles. The Morgan fingerprint density at radius 1 is 1.61 bits per heavy atom.